The lowest BCUT2D eigenvalue weighted by Crippen LogP contribution is -2.45. The number of nitrogens with zero attached hydrogens (tertiary/aromatic N) is 1. The van der Waals surface area contributed by atoms with Gasteiger partial charge in [-0.1, -0.05) is 0 Å². The summed E-state index contributed by atoms with van der Waals surface area (Å²) in [5.74, 6) is -1.29. The molecule has 1 aliphatic rings. The Morgan fingerprint density at radius 3 is 2.50 bits per heavy atom. The summed E-state index contributed by atoms with van der Waals surface area (Å²) in [6.45, 7) is -0.248. The fourth-order valence-electron chi connectivity index (χ4n) is 1.97. The van der Waals surface area contributed by atoms with Crippen molar-refractivity contribution in [3.63, 3.8) is 0 Å². The van der Waals surface area contributed by atoms with E-state index in [0.29, 0.717) is 18.7 Å². The number of rotatable bonds is 5. The Morgan fingerprint density at radius 2 is 1.94 bits per heavy atom. The molecule has 1 saturated heterocycles. The molecule has 0 saturated carbocycles. The number of piperidine rings is 1. The highest BCUT2D eigenvalue weighted by Gasteiger charge is 2.43. The van der Waals surface area contributed by atoms with Crippen LogP contribution in [0.15, 0.2) is 0 Å². The van der Waals surface area contributed by atoms with Crippen LogP contribution in [-0.4, -0.2) is 43.6 Å². The van der Waals surface area contributed by atoms with E-state index in [2.05, 4.69) is 0 Å². The first kappa shape index (κ1) is 16.0. The summed E-state index contributed by atoms with van der Waals surface area (Å²) in [5, 5.41) is 0. The molecule has 1 heterocycles. The highest BCUT2D eigenvalue weighted by Crippen LogP contribution is 2.34. The number of sulfonamides is 1. The maximum Gasteiger partial charge on any atom is 0.393 e. The Hall–Kier alpha value is -0.0100. The van der Waals surface area contributed by atoms with Gasteiger partial charge in [-0.2, -0.15) is 13.2 Å². The van der Waals surface area contributed by atoms with Crippen LogP contribution in [0.1, 0.15) is 25.7 Å². The predicted molar refractivity (Wildman–Crippen MR) is 64.1 cm³/mol. The predicted octanol–water partition coefficient (Wildman–Crippen LogP) is 2.61. The number of alkyl halides is 4. The minimum atomic E-state index is -4.32. The third kappa shape index (κ3) is 4.59. The monoisotopic (exact) mass is 307 g/mol. The van der Waals surface area contributed by atoms with Gasteiger partial charge in [0.05, 0.1) is 11.7 Å². The fraction of sp³-hybridized carbons (Fsp3) is 1.00. The lowest BCUT2D eigenvalue weighted by atomic mass is 9.99. The molecule has 0 aromatic heterocycles. The Labute approximate surface area is 110 Å². The normalized spacial score (nSPS) is 23.2. The van der Waals surface area contributed by atoms with E-state index in [4.69, 9.17) is 11.6 Å². The minimum absolute atomic E-state index is 0.0111. The summed E-state index contributed by atoms with van der Waals surface area (Å²) in [7, 11) is -3.57. The molecule has 0 radical (unpaired) electrons. The van der Waals surface area contributed by atoms with Crippen molar-refractivity contribution in [2.45, 2.75) is 31.9 Å². The van der Waals surface area contributed by atoms with Crippen LogP contribution in [0.4, 0.5) is 13.2 Å². The molecule has 0 spiro atoms. The topological polar surface area (TPSA) is 37.4 Å². The van der Waals surface area contributed by atoms with Crippen molar-refractivity contribution in [3.05, 3.63) is 0 Å². The molecule has 1 fully saturated rings. The Bertz CT molecular complexity index is 359. The van der Waals surface area contributed by atoms with Gasteiger partial charge in [-0.15, -0.1) is 11.6 Å². The van der Waals surface area contributed by atoms with Crippen LogP contribution in [0.3, 0.4) is 0 Å². The molecule has 0 aromatic rings. The first-order valence-corrected chi connectivity index (χ1v) is 8.02. The van der Waals surface area contributed by atoms with Crippen LogP contribution in [0.2, 0.25) is 0 Å². The van der Waals surface area contributed by atoms with Gasteiger partial charge >= 0.3 is 6.18 Å². The lowest BCUT2D eigenvalue weighted by molar-refractivity contribution is -0.182. The Morgan fingerprint density at radius 1 is 1.28 bits per heavy atom. The second kappa shape index (κ2) is 6.43. The van der Waals surface area contributed by atoms with Crippen LogP contribution in [0.5, 0.6) is 0 Å². The van der Waals surface area contributed by atoms with E-state index < -0.39 is 28.7 Å². The van der Waals surface area contributed by atoms with Gasteiger partial charge in [-0.25, -0.2) is 12.7 Å². The van der Waals surface area contributed by atoms with Crippen LogP contribution in [-0.2, 0) is 10.0 Å². The number of hydrogen-bond acceptors (Lipinski definition) is 2. The second-order valence-corrected chi connectivity index (χ2v) is 6.92. The zero-order chi connectivity index (χ0) is 13.8. The summed E-state index contributed by atoms with van der Waals surface area (Å²) in [4.78, 5) is 0. The average Bonchev–Trinajstić information content (AvgIpc) is 2.28. The van der Waals surface area contributed by atoms with Gasteiger partial charge < -0.3 is 0 Å². The first-order valence-electron chi connectivity index (χ1n) is 5.88. The maximum absolute atomic E-state index is 12.6. The highest BCUT2D eigenvalue weighted by atomic mass is 35.5. The van der Waals surface area contributed by atoms with Gasteiger partial charge in [-0.3, -0.25) is 0 Å². The molecule has 1 aliphatic heterocycles. The van der Waals surface area contributed by atoms with E-state index in [1.807, 2.05) is 0 Å². The van der Waals surface area contributed by atoms with Crippen molar-refractivity contribution in [3.8, 4) is 0 Å². The molecule has 1 rings (SSSR count). The molecule has 108 valence electrons. The average molecular weight is 308 g/mol. The van der Waals surface area contributed by atoms with Crippen LogP contribution in [0.25, 0.3) is 0 Å². The lowest BCUT2D eigenvalue weighted by Gasteiger charge is -2.32. The molecule has 0 aliphatic carbocycles. The summed E-state index contributed by atoms with van der Waals surface area (Å²) in [6, 6.07) is 0. The van der Waals surface area contributed by atoms with Crippen LogP contribution in [0, 0.1) is 5.92 Å². The molecule has 8 heteroatoms. The molecule has 1 atom stereocenters. The SMILES string of the molecule is O=S(=O)(CCCCCl)N1CCCC(C(F)(F)F)C1. The first-order chi connectivity index (χ1) is 8.27. The highest BCUT2D eigenvalue weighted by molar-refractivity contribution is 7.89. The van der Waals surface area contributed by atoms with Crippen molar-refractivity contribution in [1.29, 1.82) is 0 Å². The Balaban J connectivity index is 2.60. The molecule has 0 amide bonds. The quantitative estimate of drug-likeness (QED) is 0.578. The third-order valence-electron chi connectivity index (χ3n) is 3.03. The second-order valence-electron chi connectivity index (χ2n) is 4.45. The van der Waals surface area contributed by atoms with Crippen molar-refractivity contribution < 1.29 is 21.6 Å². The van der Waals surface area contributed by atoms with Gasteiger partial charge in [0.25, 0.3) is 0 Å². The van der Waals surface area contributed by atoms with E-state index in [-0.39, 0.29) is 25.1 Å². The van der Waals surface area contributed by atoms with Gasteiger partial charge in [0.2, 0.25) is 10.0 Å². The molecule has 1 unspecified atom stereocenters. The van der Waals surface area contributed by atoms with Crippen LogP contribution >= 0.6 is 11.6 Å². The molecule has 0 bridgehead atoms. The van der Waals surface area contributed by atoms with E-state index in [1.54, 1.807) is 0 Å². The maximum atomic E-state index is 12.6. The number of halogens is 4. The largest absolute Gasteiger partial charge is 0.393 e. The van der Waals surface area contributed by atoms with E-state index in [1.165, 1.54) is 0 Å². The fourth-order valence-corrected chi connectivity index (χ4v) is 3.80. The molecular weight excluding hydrogens is 291 g/mol. The van der Waals surface area contributed by atoms with Gasteiger partial charge in [0, 0.05) is 19.0 Å². The van der Waals surface area contributed by atoms with Gasteiger partial charge in [0.15, 0.2) is 0 Å². The van der Waals surface area contributed by atoms with E-state index in [0.717, 1.165) is 4.31 Å². The molecule has 0 aromatic carbocycles. The smallest absolute Gasteiger partial charge is 0.212 e. The molecular formula is C10H17ClF3NO2S. The molecule has 3 nitrogen and oxygen atoms in total. The van der Waals surface area contributed by atoms with Crippen molar-refractivity contribution in [2.24, 2.45) is 5.92 Å². The zero-order valence-electron chi connectivity index (χ0n) is 9.92. The number of hydrogen-bond donors (Lipinski definition) is 0. The van der Waals surface area contributed by atoms with Crippen LogP contribution < -0.4 is 0 Å². The Kier molecular flexibility index (Phi) is 5.73. The summed E-state index contributed by atoms with van der Waals surface area (Å²) in [6.07, 6.45) is -3.10. The van der Waals surface area contributed by atoms with Crippen molar-refractivity contribution in [1.82, 2.24) is 4.31 Å². The third-order valence-corrected chi connectivity index (χ3v) is 5.22. The number of unbranched alkanes of at least 4 members (excludes halogenated alkanes) is 1. The van der Waals surface area contributed by atoms with Gasteiger partial charge in [-0.05, 0) is 25.7 Å². The zero-order valence-corrected chi connectivity index (χ0v) is 11.5. The summed E-state index contributed by atoms with van der Waals surface area (Å²) >= 11 is 5.44. The van der Waals surface area contributed by atoms with E-state index in [9.17, 15) is 21.6 Å². The minimum Gasteiger partial charge on any atom is -0.212 e. The molecule has 18 heavy (non-hydrogen) atoms. The summed E-state index contributed by atoms with van der Waals surface area (Å²) in [5.41, 5.74) is 0. The molecule has 0 N–H and O–H groups in total. The van der Waals surface area contributed by atoms with E-state index >= 15 is 0 Å². The van der Waals surface area contributed by atoms with Gasteiger partial charge in [0.1, 0.15) is 0 Å². The standard InChI is InChI=1S/C10H17ClF3NO2S/c11-5-1-2-7-18(16,17)15-6-3-4-9(8-15)10(12,13)14/h9H,1-8H2. The summed E-state index contributed by atoms with van der Waals surface area (Å²) < 4.78 is 62.4. The van der Waals surface area contributed by atoms with Crippen molar-refractivity contribution in [2.75, 3.05) is 24.7 Å². The van der Waals surface area contributed by atoms with Crippen molar-refractivity contribution >= 4 is 21.6 Å².